The van der Waals surface area contributed by atoms with Crippen molar-refractivity contribution in [2.45, 2.75) is 30.6 Å². The number of halogens is 1. The zero-order valence-electron chi connectivity index (χ0n) is 10.1. The zero-order valence-corrected chi connectivity index (χ0v) is 11.7. The van der Waals surface area contributed by atoms with Gasteiger partial charge in [0.25, 0.3) is 0 Å². The first-order valence-corrected chi connectivity index (χ1v) is 7.78. The molecule has 0 aliphatic heterocycles. The Morgan fingerprint density at radius 3 is 2.28 bits per heavy atom. The van der Waals surface area contributed by atoms with E-state index < -0.39 is 10.0 Å². The van der Waals surface area contributed by atoms with E-state index in [4.69, 9.17) is 16.7 Å². The van der Waals surface area contributed by atoms with Gasteiger partial charge < -0.3 is 5.11 Å². The first-order chi connectivity index (χ1) is 8.56. The summed E-state index contributed by atoms with van der Waals surface area (Å²) in [6.07, 6.45) is 3.36. The number of aliphatic hydroxyl groups is 1. The van der Waals surface area contributed by atoms with Gasteiger partial charge in [-0.1, -0.05) is 24.4 Å². The highest BCUT2D eigenvalue weighted by molar-refractivity contribution is 7.89. The molecule has 0 amide bonds. The summed E-state index contributed by atoms with van der Waals surface area (Å²) < 4.78 is 26.2. The van der Waals surface area contributed by atoms with E-state index in [1.165, 1.54) is 12.1 Å². The number of sulfonamides is 1. The molecule has 0 aromatic heterocycles. The van der Waals surface area contributed by atoms with Gasteiger partial charge in [0.1, 0.15) is 0 Å². The second-order valence-corrected chi connectivity index (χ2v) is 6.19. The van der Waals surface area contributed by atoms with Crippen LogP contribution in [0.2, 0.25) is 5.02 Å². The molecule has 102 valence electrons. The number of hydrogen-bond acceptors (Lipinski definition) is 3. The Balaban J connectivity index is 2.38. The monoisotopic (exact) mass is 291 g/mol. The van der Waals surface area contributed by atoms with E-state index in [9.17, 15) is 8.42 Å². The van der Waals surface area contributed by atoms with Gasteiger partial charge >= 0.3 is 0 Å². The van der Waals surface area contributed by atoms with Gasteiger partial charge in [0, 0.05) is 18.2 Å². The zero-order chi connectivity index (χ0) is 13.4. The fourth-order valence-corrected chi connectivity index (χ4v) is 2.69. The largest absolute Gasteiger partial charge is 0.396 e. The number of benzene rings is 1. The van der Waals surface area contributed by atoms with E-state index in [-0.39, 0.29) is 11.5 Å². The Morgan fingerprint density at radius 1 is 1.06 bits per heavy atom. The van der Waals surface area contributed by atoms with Crippen LogP contribution in [0, 0.1) is 0 Å². The first-order valence-electron chi connectivity index (χ1n) is 5.92. The summed E-state index contributed by atoms with van der Waals surface area (Å²) in [5.41, 5.74) is 0. The highest BCUT2D eigenvalue weighted by Gasteiger charge is 2.12. The Hall–Kier alpha value is -0.620. The van der Waals surface area contributed by atoms with Gasteiger partial charge in [-0.25, -0.2) is 13.1 Å². The molecule has 0 fully saturated rings. The molecule has 0 spiro atoms. The fraction of sp³-hybridized carbons (Fsp3) is 0.500. The third-order valence-electron chi connectivity index (χ3n) is 2.50. The van der Waals surface area contributed by atoms with E-state index in [1.807, 2.05) is 0 Å². The summed E-state index contributed by atoms with van der Waals surface area (Å²) in [6.45, 7) is 0.604. The van der Waals surface area contributed by atoms with Gasteiger partial charge in [0.2, 0.25) is 10.0 Å². The van der Waals surface area contributed by atoms with Gasteiger partial charge in [-0.3, -0.25) is 0 Å². The lowest BCUT2D eigenvalue weighted by Crippen LogP contribution is -2.24. The Bertz CT molecular complexity index is 445. The van der Waals surface area contributed by atoms with Crippen LogP contribution in [-0.2, 0) is 10.0 Å². The fourth-order valence-electron chi connectivity index (χ4n) is 1.49. The van der Waals surface area contributed by atoms with Crippen molar-refractivity contribution in [2.24, 2.45) is 0 Å². The molecule has 0 aliphatic carbocycles. The summed E-state index contributed by atoms with van der Waals surface area (Å²) in [5, 5.41) is 9.11. The lowest BCUT2D eigenvalue weighted by Gasteiger charge is -2.06. The molecule has 1 aromatic rings. The van der Waals surface area contributed by atoms with Crippen LogP contribution in [0.1, 0.15) is 25.7 Å². The molecule has 0 bridgehead atoms. The molecule has 0 saturated heterocycles. The van der Waals surface area contributed by atoms with Gasteiger partial charge in [0.05, 0.1) is 4.90 Å². The van der Waals surface area contributed by atoms with Crippen molar-refractivity contribution in [3.63, 3.8) is 0 Å². The van der Waals surface area contributed by atoms with E-state index in [2.05, 4.69) is 4.72 Å². The third-order valence-corrected chi connectivity index (χ3v) is 4.23. The molecule has 0 heterocycles. The number of unbranched alkanes of at least 4 members (excludes halogenated alkanes) is 3. The van der Waals surface area contributed by atoms with Crippen molar-refractivity contribution in [1.82, 2.24) is 4.72 Å². The molecule has 0 saturated carbocycles. The minimum Gasteiger partial charge on any atom is -0.396 e. The molecule has 4 nitrogen and oxygen atoms in total. The first kappa shape index (κ1) is 15.4. The van der Waals surface area contributed by atoms with E-state index in [0.29, 0.717) is 11.6 Å². The summed E-state index contributed by atoms with van der Waals surface area (Å²) in [6, 6.07) is 6.07. The normalized spacial score (nSPS) is 11.7. The molecule has 2 N–H and O–H groups in total. The molecule has 0 radical (unpaired) electrons. The van der Waals surface area contributed by atoms with Crippen LogP contribution in [-0.4, -0.2) is 26.7 Å². The van der Waals surface area contributed by atoms with Crippen molar-refractivity contribution in [3.8, 4) is 0 Å². The topological polar surface area (TPSA) is 66.4 Å². The maximum absolute atomic E-state index is 11.8. The predicted molar refractivity (Wildman–Crippen MR) is 72.2 cm³/mol. The van der Waals surface area contributed by atoms with Crippen LogP contribution >= 0.6 is 11.6 Å². The molecule has 1 rings (SSSR count). The van der Waals surface area contributed by atoms with Gasteiger partial charge in [0.15, 0.2) is 0 Å². The van der Waals surface area contributed by atoms with Crippen molar-refractivity contribution >= 4 is 21.6 Å². The standard InChI is InChI=1S/C12H18ClNO3S/c13-11-5-7-12(8-6-11)18(16,17)14-9-3-1-2-4-10-15/h5-8,14-15H,1-4,9-10H2. The minimum absolute atomic E-state index is 0.191. The van der Waals surface area contributed by atoms with Crippen LogP contribution in [0.3, 0.4) is 0 Å². The average Bonchev–Trinajstić information content (AvgIpc) is 2.34. The van der Waals surface area contributed by atoms with Gasteiger partial charge in [-0.05, 0) is 37.1 Å². The highest BCUT2D eigenvalue weighted by Crippen LogP contribution is 2.13. The van der Waals surface area contributed by atoms with Crippen LogP contribution in [0.15, 0.2) is 29.2 Å². The van der Waals surface area contributed by atoms with Gasteiger partial charge in [-0.15, -0.1) is 0 Å². The van der Waals surface area contributed by atoms with E-state index in [0.717, 1.165) is 25.7 Å². The SMILES string of the molecule is O=S(=O)(NCCCCCCO)c1ccc(Cl)cc1. The smallest absolute Gasteiger partial charge is 0.240 e. The maximum Gasteiger partial charge on any atom is 0.240 e. The lowest BCUT2D eigenvalue weighted by molar-refractivity contribution is 0.282. The molecule has 18 heavy (non-hydrogen) atoms. The van der Waals surface area contributed by atoms with Crippen molar-refractivity contribution in [3.05, 3.63) is 29.3 Å². The Morgan fingerprint density at radius 2 is 1.67 bits per heavy atom. The molecule has 1 aromatic carbocycles. The molecular weight excluding hydrogens is 274 g/mol. The second-order valence-electron chi connectivity index (χ2n) is 3.99. The Labute approximate surface area is 113 Å². The van der Waals surface area contributed by atoms with E-state index in [1.54, 1.807) is 12.1 Å². The van der Waals surface area contributed by atoms with Crippen LogP contribution in [0.5, 0.6) is 0 Å². The predicted octanol–water partition coefficient (Wildman–Crippen LogP) is 2.17. The summed E-state index contributed by atoms with van der Waals surface area (Å²) >= 11 is 5.70. The van der Waals surface area contributed by atoms with Crippen LogP contribution in [0.25, 0.3) is 0 Å². The maximum atomic E-state index is 11.8. The number of hydrogen-bond donors (Lipinski definition) is 2. The van der Waals surface area contributed by atoms with Crippen LogP contribution < -0.4 is 4.72 Å². The summed E-state index contributed by atoms with van der Waals surface area (Å²) in [4.78, 5) is 0.224. The third kappa shape index (κ3) is 5.35. The van der Waals surface area contributed by atoms with Crippen molar-refractivity contribution < 1.29 is 13.5 Å². The molecule has 0 unspecified atom stereocenters. The number of nitrogens with one attached hydrogen (secondary N) is 1. The van der Waals surface area contributed by atoms with Crippen molar-refractivity contribution in [1.29, 1.82) is 0 Å². The number of aliphatic hydroxyl groups excluding tert-OH is 1. The minimum atomic E-state index is -3.43. The Kier molecular flexibility index (Phi) is 6.63. The lowest BCUT2D eigenvalue weighted by atomic mass is 10.2. The summed E-state index contributed by atoms with van der Waals surface area (Å²) in [7, 11) is -3.43. The van der Waals surface area contributed by atoms with Crippen molar-refractivity contribution in [2.75, 3.05) is 13.2 Å². The van der Waals surface area contributed by atoms with Crippen LogP contribution in [0.4, 0.5) is 0 Å². The highest BCUT2D eigenvalue weighted by atomic mass is 35.5. The average molecular weight is 292 g/mol. The summed E-state index contributed by atoms with van der Waals surface area (Å²) in [5.74, 6) is 0. The quantitative estimate of drug-likeness (QED) is 0.722. The van der Waals surface area contributed by atoms with E-state index >= 15 is 0 Å². The van der Waals surface area contributed by atoms with Gasteiger partial charge in [-0.2, -0.15) is 0 Å². The molecule has 0 aliphatic rings. The number of rotatable bonds is 8. The molecule has 0 atom stereocenters. The molecular formula is C12H18ClNO3S. The molecule has 6 heteroatoms. The second kappa shape index (κ2) is 7.74.